The van der Waals surface area contributed by atoms with E-state index in [0.717, 1.165) is 11.1 Å². The van der Waals surface area contributed by atoms with Crippen LogP contribution in [0.4, 0.5) is 0 Å². The van der Waals surface area contributed by atoms with Crippen molar-refractivity contribution >= 4 is 17.1 Å². The van der Waals surface area contributed by atoms with Crippen molar-refractivity contribution < 1.29 is 14.6 Å². The first-order valence-electron chi connectivity index (χ1n) is 6.19. The van der Waals surface area contributed by atoms with E-state index in [1.807, 2.05) is 6.07 Å². The van der Waals surface area contributed by atoms with Crippen LogP contribution in [0.5, 0.6) is 0 Å². The van der Waals surface area contributed by atoms with Crippen LogP contribution in [0.15, 0.2) is 18.6 Å². The van der Waals surface area contributed by atoms with Crippen molar-refractivity contribution in [3.63, 3.8) is 0 Å². The summed E-state index contributed by atoms with van der Waals surface area (Å²) in [4.78, 5) is 19.8. The highest BCUT2D eigenvalue weighted by Gasteiger charge is 2.10. The SMILES string of the molecule is CC(C)C(=O)OCn1cnc2ncc(CCO)cc21. The first kappa shape index (κ1) is 13.5. The van der Waals surface area contributed by atoms with Gasteiger partial charge in [-0.1, -0.05) is 13.8 Å². The Morgan fingerprint density at radius 1 is 1.47 bits per heavy atom. The summed E-state index contributed by atoms with van der Waals surface area (Å²) < 4.78 is 6.89. The second kappa shape index (κ2) is 5.79. The van der Waals surface area contributed by atoms with E-state index >= 15 is 0 Å². The van der Waals surface area contributed by atoms with Crippen LogP contribution in [0.2, 0.25) is 0 Å². The Balaban J connectivity index is 2.18. The van der Waals surface area contributed by atoms with Gasteiger partial charge in [0.2, 0.25) is 0 Å². The molecule has 0 aromatic carbocycles. The van der Waals surface area contributed by atoms with Gasteiger partial charge in [0.1, 0.15) is 6.33 Å². The minimum atomic E-state index is -0.249. The second-order valence-corrected chi connectivity index (χ2v) is 4.62. The Labute approximate surface area is 111 Å². The Bertz CT molecular complexity index is 578. The number of aromatic nitrogens is 3. The fourth-order valence-corrected chi connectivity index (χ4v) is 1.65. The average Bonchev–Trinajstić information content (AvgIpc) is 2.78. The molecule has 0 saturated heterocycles. The van der Waals surface area contributed by atoms with E-state index in [1.165, 1.54) is 0 Å². The minimum Gasteiger partial charge on any atom is -0.444 e. The van der Waals surface area contributed by atoms with Gasteiger partial charge in [-0.25, -0.2) is 9.97 Å². The molecular weight excluding hydrogens is 246 g/mol. The summed E-state index contributed by atoms with van der Waals surface area (Å²) in [6.07, 6.45) is 3.82. The largest absolute Gasteiger partial charge is 0.444 e. The van der Waals surface area contributed by atoms with Gasteiger partial charge in [-0.2, -0.15) is 0 Å². The Hall–Kier alpha value is -1.95. The van der Waals surface area contributed by atoms with E-state index in [1.54, 1.807) is 30.9 Å². The molecule has 0 atom stereocenters. The Kier molecular flexibility index (Phi) is 4.11. The summed E-state index contributed by atoms with van der Waals surface area (Å²) in [7, 11) is 0. The number of esters is 1. The first-order valence-corrected chi connectivity index (χ1v) is 6.19. The van der Waals surface area contributed by atoms with Crippen LogP contribution < -0.4 is 0 Å². The number of hydrogen-bond donors (Lipinski definition) is 1. The smallest absolute Gasteiger partial charge is 0.310 e. The number of fused-ring (bicyclic) bond motifs is 1. The molecule has 0 bridgehead atoms. The van der Waals surface area contributed by atoms with Crippen molar-refractivity contribution in [3.05, 3.63) is 24.2 Å². The highest BCUT2D eigenvalue weighted by atomic mass is 16.5. The van der Waals surface area contributed by atoms with Crippen LogP contribution in [-0.2, 0) is 22.7 Å². The van der Waals surface area contributed by atoms with E-state index in [0.29, 0.717) is 12.1 Å². The van der Waals surface area contributed by atoms with E-state index < -0.39 is 0 Å². The average molecular weight is 263 g/mol. The number of ether oxygens (including phenoxy) is 1. The molecule has 19 heavy (non-hydrogen) atoms. The Morgan fingerprint density at radius 2 is 2.26 bits per heavy atom. The molecule has 1 N–H and O–H groups in total. The third-order valence-electron chi connectivity index (χ3n) is 2.75. The van der Waals surface area contributed by atoms with Crippen molar-refractivity contribution in [2.24, 2.45) is 5.92 Å². The number of rotatable bonds is 5. The molecule has 2 heterocycles. The number of carbonyl (C=O) groups is 1. The minimum absolute atomic E-state index is 0.0731. The fourth-order valence-electron chi connectivity index (χ4n) is 1.65. The molecule has 102 valence electrons. The van der Waals surface area contributed by atoms with Crippen LogP contribution in [0.3, 0.4) is 0 Å². The van der Waals surface area contributed by atoms with E-state index in [4.69, 9.17) is 9.84 Å². The maximum atomic E-state index is 11.4. The molecule has 0 amide bonds. The number of aliphatic hydroxyl groups excluding tert-OH is 1. The van der Waals surface area contributed by atoms with Gasteiger partial charge in [0.25, 0.3) is 0 Å². The normalized spacial score (nSPS) is 11.2. The summed E-state index contributed by atoms with van der Waals surface area (Å²) in [5.41, 5.74) is 2.32. The fraction of sp³-hybridized carbons (Fsp3) is 0.462. The van der Waals surface area contributed by atoms with E-state index in [2.05, 4.69) is 9.97 Å². The molecule has 0 aliphatic carbocycles. The number of imidazole rings is 1. The topological polar surface area (TPSA) is 77.2 Å². The molecule has 0 spiro atoms. The molecule has 0 aliphatic heterocycles. The molecule has 6 heteroatoms. The lowest BCUT2D eigenvalue weighted by molar-refractivity contribution is -0.151. The van der Waals surface area contributed by atoms with Crippen molar-refractivity contribution in [1.82, 2.24) is 14.5 Å². The van der Waals surface area contributed by atoms with Gasteiger partial charge >= 0.3 is 5.97 Å². The quantitative estimate of drug-likeness (QED) is 0.818. The summed E-state index contributed by atoms with van der Waals surface area (Å²) in [6, 6.07) is 1.90. The number of pyridine rings is 1. The van der Waals surface area contributed by atoms with Gasteiger partial charge in [-0.05, 0) is 18.1 Å². The number of hydrogen-bond acceptors (Lipinski definition) is 5. The number of nitrogens with zero attached hydrogens (tertiary/aromatic N) is 3. The lowest BCUT2D eigenvalue weighted by Gasteiger charge is -2.08. The monoisotopic (exact) mass is 263 g/mol. The molecule has 0 radical (unpaired) electrons. The van der Waals surface area contributed by atoms with Crippen LogP contribution >= 0.6 is 0 Å². The molecule has 2 aromatic heterocycles. The van der Waals surface area contributed by atoms with Gasteiger partial charge in [0.05, 0.1) is 11.4 Å². The highest BCUT2D eigenvalue weighted by molar-refractivity contribution is 5.72. The van der Waals surface area contributed by atoms with Crippen molar-refractivity contribution in [2.45, 2.75) is 27.0 Å². The molecule has 0 unspecified atom stereocenters. The molecular formula is C13H17N3O3. The van der Waals surface area contributed by atoms with Crippen LogP contribution in [0.1, 0.15) is 19.4 Å². The van der Waals surface area contributed by atoms with Gasteiger partial charge in [-0.15, -0.1) is 0 Å². The summed E-state index contributed by atoms with van der Waals surface area (Å²) in [5, 5.41) is 8.93. The maximum Gasteiger partial charge on any atom is 0.310 e. The highest BCUT2D eigenvalue weighted by Crippen LogP contribution is 2.13. The lowest BCUT2D eigenvalue weighted by atomic mass is 10.2. The van der Waals surface area contributed by atoms with Crippen molar-refractivity contribution in [1.29, 1.82) is 0 Å². The van der Waals surface area contributed by atoms with Gasteiger partial charge in [-0.3, -0.25) is 9.36 Å². The van der Waals surface area contributed by atoms with E-state index in [9.17, 15) is 4.79 Å². The van der Waals surface area contributed by atoms with Crippen LogP contribution in [0.25, 0.3) is 11.2 Å². The maximum absolute atomic E-state index is 11.4. The standard InChI is InChI=1S/C13H17N3O3/c1-9(2)13(18)19-8-16-7-15-12-11(16)5-10(3-4-17)6-14-12/h5-7,9,17H,3-4,8H2,1-2H3. The van der Waals surface area contributed by atoms with Gasteiger partial charge in [0.15, 0.2) is 12.4 Å². The van der Waals surface area contributed by atoms with Gasteiger partial charge < -0.3 is 9.84 Å². The summed E-state index contributed by atoms with van der Waals surface area (Å²) >= 11 is 0. The molecule has 0 aliphatic rings. The molecule has 2 aromatic rings. The molecule has 2 rings (SSSR count). The third-order valence-corrected chi connectivity index (χ3v) is 2.75. The Morgan fingerprint density at radius 3 is 2.95 bits per heavy atom. The van der Waals surface area contributed by atoms with Crippen LogP contribution in [0, 0.1) is 5.92 Å². The summed E-state index contributed by atoms with van der Waals surface area (Å²) in [6.45, 7) is 3.77. The zero-order valence-electron chi connectivity index (χ0n) is 11.0. The number of carbonyl (C=O) groups excluding carboxylic acids is 1. The number of aliphatic hydroxyl groups is 1. The molecule has 6 nitrogen and oxygen atoms in total. The molecule has 0 saturated carbocycles. The zero-order chi connectivity index (χ0) is 13.8. The van der Waals surface area contributed by atoms with Gasteiger partial charge in [0, 0.05) is 12.8 Å². The molecule has 0 fully saturated rings. The summed E-state index contributed by atoms with van der Waals surface area (Å²) in [5.74, 6) is -0.404. The first-order chi connectivity index (χ1) is 9.11. The predicted octanol–water partition coefficient (Wildman–Crippen LogP) is 1.12. The lowest BCUT2D eigenvalue weighted by Crippen LogP contribution is -2.14. The zero-order valence-corrected chi connectivity index (χ0v) is 11.0. The van der Waals surface area contributed by atoms with E-state index in [-0.39, 0.29) is 25.2 Å². The predicted molar refractivity (Wildman–Crippen MR) is 69.2 cm³/mol. The third kappa shape index (κ3) is 3.08. The van der Waals surface area contributed by atoms with Crippen molar-refractivity contribution in [2.75, 3.05) is 6.61 Å². The second-order valence-electron chi connectivity index (χ2n) is 4.62. The van der Waals surface area contributed by atoms with Crippen LogP contribution in [-0.4, -0.2) is 32.2 Å². The van der Waals surface area contributed by atoms with Crippen molar-refractivity contribution in [3.8, 4) is 0 Å².